The van der Waals surface area contributed by atoms with Crippen molar-refractivity contribution in [3.05, 3.63) is 12.2 Å². The van der Waals surface area contributed by atoms with Crippen LogP contribution in [0.4, 0.5) is 0 Å². The van der Waals surface area contributed by atoms with E-state index in [1.165, 1.54) is 0 Å². The van der Waals surface area contributed by atoms with Gasteiger partial charge in [0.15, 0.2) is 0 Å². The zero-order valence-corrected chi connectivity index (χ0v) is 10.9. The molecule has 5 nitrogen and oxygen atoms in total. The monoisotopic (exact) mass is 254 g/mol. The van der Waals surface area contributed by atoms with Gasteiger partial charge in [-0.2, -0.15) is 0 Å². The maximum atomic E-state index is 10.1. The third kappa shape index (κ3) is 23.5. The molecule has 0 atom stereocenters. The zero-order chi connectivity index (χ0) is 12.9. The Hall–Kier alpha value is -0.190. The molecule has 0 rings (SSSR count). The summed E-state index contributed by atoms with van der Waals surface area (Å²) in [6, 6.07) is 0. The molecule has 0 spiro atoms. The third-order valence-corrected chi connectivity index (χ3v) is 2.06. The molecule has 0 bridgehead atoms. The normalized spacial score (nSPS) is 11.3. The van der Waals surface area contributed by atoms with Crippen LogP contribution < -0.4 is 0 Å². The lowest BCUT2D eigenvalue weighted by atomic mass is 10.3. The zero-order valence-electron chi connectivity index (χ0n) is 10.0. The minimum Gasteiger partial charge on any atom is -0.396 e. The van der Waals surface area contributed by atoms with E-state index >= 15 is 0 Å². The fourth-order valence-electron chi connectivity index (χ4n) is 0.777. The van der Waals surface area contributed by atoms with Crippen LogP contribution in [-0.4, -0.2) is 28.1 Å². The molecule has 0 aromatic carbocycles. The Morgan fingerprint density at radius 1 is 1.31 bits per heavy atom. The summed E-state index contributed by atoms with van der Waals surface area (Å²) in [6.07, 6.45) is 7.32. The largest absolute Gasteiger partial charge is 0.469 e. The van der Waals surface area contributed by atoms with E-state index in [2.05, 4.69) is 4.52 Å². The molecule has 0 aliphatic rings. The van der Waals surface area contributed by atoms with E-state index in [0.717, 1.165) is 19.3 Å². The molecule has 0 aromatic rings. The molecule has 0 heterocycles. The summed E-state index contributed by atoms with van der Waals surface area (Å²) in [7, 11) is -4.21. The van der Waals surface area contributed by atoms with E-state index in [9.17, 15) is 4.57 Å². The highest BCUT2D eigenvalue weighted by atomic mass is 31.2. The Kier molecular flexibility index (Phi) is 14.6. The summed E-state index contributed by atoms with van der Waals surface area (Å²) in [5, 5.41) is 8.15. The van der Waals surface area contributed by atoms with Gasteiger partial charge < -0.3 is 14.9 Å². The van der Waals surface area contributed by atoms with Gasteiger partial charge in [-0.05, 0) is 19.8 Å². The number of phosphoric ester groups is 1. The van der Waals surface area contributed by atoms with Gasteiger partial charge in [0.2, 0.25) is 0 Å². The van der Waals surface area contributed by atoms with Crippen molar-refractivity contribution in [3.8, 4) is 0 Å². The maximum Gasteiger partial charge on any atom is 0.469 e. The Morgan fingerprint density at radius 3 is 2.25 bits per heavy atom. The maximum absolute atomic E-state index is 10.1. The molecular formula is C10H23O5P. The quantitative estimate of drug-likeness (QED) is 0.368. The SMILES string of the molecule is CC=CCCO.CCCCCOP(=O)(O)O. The van der Waals surface area contributed by atoms with Crippen LogP contribution in [0.3, 0.4) is 0 Å². The lowest BCUT2D eigenvalue weighted by molar-refractivity contribution is 0.193. The Bertz CT molecular complexity index is 199. The van der Waals surface area contributed by atoms with Crippen molar-refractivity contribution in [2.75, 3.05) is 13.2 Å². The van der Waals surface area contributed by atoms with Crippen molar-refractivity contribution in [1.82, 2.24) is 0 Å². The van der Waals surface area contributed by atoms with Crippen LogP contribution in [0.15, 0.2) is 12.2 Å². The van der Waals surface area contributed by atoms with Crippen molar-refractivity contribution in [2.45, 2.75) is 39.5 Å². The molecular weight excluding hydrogens is 231 g/mol. The van der Waals surface area contributed by atoms with Gasteiger partial charge >= 0.3 is 7.82 Å². The first-order chi connectivity index (χ1) is 7.47. The van der Waals surface area contributed by atoms with Crippen LogP contribution in [-0.2, 0) is 9.09 Å². The number of rotatable bonds is 7. The van der Waals surface area contributed by atoms with E-state index in [-0.39, 0.29) is 13.2 Å². The Morgan fingerprint density at radius 2 is 1.94 bits per heavy atom. The highest BCUT2D eigenvalue weighted by molar-refractivity contribution is 7.46. The average molecular weight is 254 g/mol. The number of phosphoric acid groups is 1. The molecule has 0 unspecified atom stereocenters. The second-order valence-electron chi connectivity index (χ2n) is 3.11. The number of allylic oxidation sites excluding steroid dienone is 1. The molecule has 0 amide bonds. The van der Waals surface area contributed by atoms with Gasteiger partial charge in [0.25, 0.3) is 0 Å². The minimum atomic E-state index is -4.21. The summed E-state index contributed by atoms with van der Waals surface area (Å²) >= 11 is 0. The molecule has 3 N–H and O–H groups in total. The smallest absolute Gasteiger partial charge is 0.396 e. The number of aliphatic hydroxyl groups excluding tert-OH is 1. The lowest BCUT2D eigenvalue weighted by Crippen LogP contribution is -1.91. The molecule has 6 heteroatoms. The fraction of sp³-hybridized carbons (Fsp3) is 0.800. The second-order valence-corrected chi connectivity index (χ2v) is 4.35. The van der Waals surface area contributed by atoms with E-state index in [4.69, 9.17) is 14.9 Å². The first-order valence-corrected chi connectivity index (χ1v) is 6.93. The number of hydrogen-bond donors (Lipinski definition) is 3. The van der Waals surface area contributed by atoms with E-state index in [1.807, 2.05) is 26.0 Å². The van der Waals surface area contributed by atoms with Gasteiger partial charge in [0.1, 0.15) is 0 Å². The van der Waals surface area contributed by atoms with E-state index in [1.54, 1.807) is 0 Å². The topological polar surface area (TPSA) is 87.0 Å². The highest BCUT2D eigenvalue weighted by Gasteiger charge is 2.11. The van der Waals surface area contributed by atoms with Crippen LogP contribution in [0.1, 0.15) is 39.5 Å². The third-order valence-electron chi connectivity index (χ3n) is 1.54. The average Bonchev–Trinajstić information content (AvgIpc) is 2.21. The van der Waals surface area contributed by atoms with Crippen LogP contribution in [0.2, 0.25) is 0 Å². The summed E-state index contributed by atoms with van der Waals surface area (Å²) in [4.78, 5) is 16.4. The molecule has 0 aromatic heterocycles. The molecule has 0 aliphatic heterocycles. The van der Waals surface area contributed by atoms with Gasteiger partial charge in [-0.3, -0.25) is 4.52 Å². The predicted octanol–water partition coefficient (Wildman–Crippen LogP) is 2.23. The van der Waals surface area contributed by atoms with Gasteiger partial charge in [0, 0.05) is 6.61 Å². The lowest BCUT2D eigenvalue weighted by Gasteiger charge is -2.02. The number of unbranched alkanes of at least 4 members (excludes halogenated alkanes) is 2. The van der Waals surface area contributed by atoms with Crippen molar-refractivity contribution in [1.29, 1.82) is 0 Å². The summed E-state index contributed by atoms with van der Waals surface area (Å²) in [5.41, 5.74) is 0. The van der Waals surface area contributed by atoms with Crippen LogP contribution in [0.25, 0.3) is 0 Å². The minimum absolute atomic E-state index is 0.151. The van der Waals surface area contributed by atoms with Crippen molar-refractivity contribution in [2.24, 2.45) is 0 Å². The fourth-order valence-corrected chi connectivity index (χ4v) is 1.14. The molecule has 0 radical (unpaired) electrons. The Balaban J connectivity index is 0. The molecule has 0 aliphatic carbocycles. The molecule has 98 valence electrons. The van der Waals surface area contributed by atoms with Crippen molar-refractivity contribution < 1.29 is 24.0 Å². The summed E-state index contributed by atoms with van der Waals surface area (Å²) in [6.45, 7) is 4.37. The predicted molar refractivity (Wildman–Crippen MR) is 64.0 cm³/mol. The molecule has 0 saturated heterocycles. The van der Waals surface area contributed by atoms with Gasteiger partial charge in [-0.1, -0.05) is 31.9 Å². The van der Waals surface area contributed by atoms with Gasteiger partial charge in [0.05, 0.1) is 6.61 Å². The second kappa shape index (κ2) is 12.9. The van der Waals surface area contributed by atoms with Gasteiger partial charge in [-0.15, -0.1) is 0 Å². The Labute approximate surface area is 97.4 Å². The van der Waals surface area contributed by atoms with Gasteiger partial charge in [-0.25, -0.2) is 4.57 Å². The molecule has 0 saturated carbocycles. The van der Waals surface area contributed by atoms with E-state index < -0.39 is 7.82 Å². The number of hydrogen-bond acceptors (Lipinski definition) is 3. The highest BCUT2D eigenvalue weighted by Crippen LogP contribution is 2.35. The van der Waals surface area contributed by atoms with E-state index in [0.29, 0.717) is 6.42 Å². The standard InChI is InChI=1S/C5H13O4P.C5H10O/c1-2-3-4-5-9-10(6,7)8;1-2-3-4-5-6/h2-5H2,1H3,(H2,6,7,8);2-3,6H,4-5H2,1H3. The van der Waals surface area contributed by atoms with Crippen molar-refractivity contribution >= 4 is 7.82 Å². The molecule has 16 heavy (non-hydrogen) atoms. The van der Waals surface area contributed by atoms with Crippen LogP contribution >= 0.6 is 7.82 Å². The molecule has 0 fully saturated rings. The van der Waals surface area contributed by atoms with Crippen molar-refractivity contribution in [3.63, 3.8) is 0 Å². The summed E-state index contributed by atoms with van der Waals surface area (Å²) in [5.74, 6) is 0. The summed E-state index contributed by atoms with van der Waals surface area (Å²) < 4.78 is 14.3. The first-order valence-electron chi connectivity index (χ1n) is 5.40. The number of aliphatic hydroxyl groups is 1. The van der Waals surface area contributed by atoms with Crippen LogP contribution in [0.5, 0.6) is 0 Å². The first kappa shape index (κ1) is 18.2. The van der Waals surface area contributed by atoms with Crippen LogP contribution in [0, 0.1) is 0 Å².